The Labute approximate surface area is 109 Å². The van der Waals surface area contributed by atoms with Gasteiger partial charge in [0.25, 0.3) is 0 Å². The number of rotatable bonds is 6. The molecule has 1 amide bonds. The second-order valence-corrected chi connectivity index (χ2v) is 5.35. The number of sulfonamides is 1. The van der Waals surface area contributed by atoms with Gasteiger partial charge in [0, 0.05) is 12.6 Å². The molecule has 0 aliphatic heterocycles. The molecule has 0 unspecified atom stereocenters. The number of aromatic carboxylic acids is 1. The van der Waals surface area contributed by atoms with Crippen LogP contribution in [0.3, 0.4) is 0 Å². The summed E-state index contributed by atoms with van der Waals surface area (Å²) in [7, 11) is -3.98. The number of likely N-dealkylation sites (N-methyl/N-ethyl adjacent to an activating group) is 1. The molecule has 0 saturated heterocycles. The lowest BCUT2D eigenvalue weighted by Crippen LogP contribution is -2.36. The maximum atomic E-state index is 11.9. The van der Waals surface area contributed by atoms with Crippen LogP contribution in [0.25, 0.3) is 0 Å². The lowest BCUT2D eigenvalue weighted by Gasteiger charge is -2.05. The smallest absolute Gasteiger partial charge is 0.371 e. The van der Waals surface area contributed by atoms with Crippen LogP contribution in [0.4, 0.5) is 0 Å². The number of carboxylic acid groups (broad SMARTS) is 1. The van der Waals surface area contributed by atoms with Gasteiger partial charge in [0.1, 0.15) is 10.7 Å². The minimum Gasteiger partial charge on any atom is -0.475 e. The van der Waals surface area contributed by atoms with E-state index in [1.807, 2.05) is 0 Å². The number of carboxylic acids is 1. The lowest BCUT2D eigenvalue weighted by atomic mass is 10.4. The van der Waals surface area contributed by atoms with E-state index in [4.69, 9.17) is 9.52 Å². The number of amides is 1. The van der Waals surface area contributed by atoms with Gasteiger partial charge in [-0.3, -0.25) is 4.79 Å². The molecular weight excluding hydrogens is 276 g/mol. The van der Waals surface area contributed by atoms with E-state index in [9.17, 15) is 18.0 Å². The third-order valence-corrected chi connectivity index (χ3v) is 3.68. The molecule has 9 heteroatoms. The van der Waals surface area contributed by atoms with Gasteiger partial charge < -0.3 is 14.8 Å². The van der Waals surface area contributed by atoms with Gasteiger partial charge in [-0.05, 0) is 13.8 Å². The van der Waals surface area contributed by atoms with Crippen molar-refractivity contribution in [2.45, 2.75) is 18.7 Å². The van der Waals surface area contributed by atoms with Crippen LogP contribution in [0.5, 0.6) is 0 Å². The Morgan fingerprint density at radius 1 is 1.42 bits per heavy atom. The molecule has 0 saturated carbocycles. The highest BCUT2D eigenvalue weighted by Crippen LogP contribution is 2.19. The maximum absolute atomic E-state index is 11.9. The van der Waals surface area contributed by atoms with E-state index >= 15 is 0 Å². The quantitative estimate of drug-likeness (QED) is 0.660. The zero-order valence-electron chi connectivity index (χ0n) is 10.4. The van der Waals surface area contributed by atoms with Crippen molar-refractivity contribution in [2.24, 2.45) is 0 Å². The number of hydrogen-bond acceptors (Lipinski definition) is 5. The summed E-state index contributed by atoms with van der Waals surface area (Å²) in [6.07, 6.45) is 0. The Balaban J connectivity index is 2.89. The van der Waals surface area contributed by atoms with Crippen molar-refractivity contribution in [3.8, 4) is 0 Å². The molecule has 1 aromatic heterocycles. The third-order valence-electron chi connectivity index (χ3n) is 2.17. The van der Waals surface area contributed by atoms with Gasteiger partial charge in [-0.1, -0.05) is 0 Å². The van der Waals surface area contributed by atoms with Crippen molar-refractivity contribution in [2.75, 3.05) is 13.1 Å². The maximum Gasteiger partial charge on any atom is 0.371 e. The first-order valence-electron chi connectivity index (χ1n) is 5.38. The van der Waals surface area contributed by atoms with Gasteiger partial charge in [0.2, 0.25) is 21.7 Å². The Morgan fingerprint density at radius 3 is 2.53 bits per heavy atom. The molecule has 1 rings (SSSR count). The highest BCUT2D eigenvalue weighted by atomic mass is 32.2. The van der Waals surface area contributed by atoms with Crippen molar-refractivity contribution in [1.29, 1.82) is 0 Å². The van der Waals surface area contributed by atoms with Crippen molar-refractivity contribution in [3.05, 3.63) is 17.6 Å². The summed E-state index contributed by atoms with van der Waals surface area (Å²) in [6, 6.07) is 0.901. The normalized spacial score (nSPS) is 11.3. The molecule has 106 valence electrons. The molecule has 0 spiro atoms. The lowest BCUT2D eigenvalue weighted by molar-refractivity contribution is -0.119. The largest absolute Gasteiger partial charge is 0.475 e. The molecule has 0 aliphatic rings. The number of carbonyl (C=O) groups excluding carboxylic acids is 1. The molecule has 1 heterocycles. The number of carbonyl (C=O) groups is 2. The molecule has 0 aliphatic carbocycles. The molecule has 0 aromatic carbocycles. The van der Waals surface area contributed by atoms with Gasteiger partial charge in [0.05, 0.1) is 6.54 Å². The fourth-order valence-corrected chi connectivity index (χ4v) is 2.49. The summed E-state index contributed by atoms with van der Waals surface area (Å²) in [5, 5.41) is 11.1. The molecule has 19 heavy (non-hydrogen) atoms. The van der Waals surface area contributed by atoms with E-state index in [0.29, 0.717) is 6.54 Å². The van der Waals surface area contributed by atoms with Crippen molar-refractivity contribution in [1.82, 2.24) is 10.0 Å². The predicted molar refractivity (Wildman–Crippen MR) is 64.3 cm³/mol. The number of aryl methyl sites for hydroxylation is 1. The number of nitrogens with one attached hydrogen (secondary N) is 2. The fraction of sp³-hybridized carbons (Fsp3) is 0.400. The number of furan rings is 1. The topological polar surface area (TPSA) is 126 Å². The molecule has 0 bridgehead atoms. The van der Waals surface area contributed by atoms with Gasteiger partial charge in [-0.2, -0.15) is 0 Å². The highest BCUT2D eigenvalue weighted by Gasteiger charge is 2.24. The zero-order valence-corrected chi connectivity index (χ0v) is 11.2. The van der Waals surface area contributed by atoms with Crippen LogP contribution in [-0.4, -0.2) is 38.5 Å². The Bertz CT molecular complexity index is 589. The standard InChI is InChI=1S/C10H14N2O6S/c1-3-11-9(13)5-12-19(16,17)8-4-7(10(14)15)18-6(8)2/h4,12H,3,5H2,1-2H3,(H,11,13)(H,14,15). The second-order valence-electron chi connectivity index (χ2n) is 3.61. The van der Waals surface area contributed by atoms with Crippen molar-refractivity contribution in [3.63, 3.8) is 0 Å². The zero-order chi connectivity index (χ0) is 14.6. The molecule has 0 fully saturated rings. The highest BCUT2D eigenvalue weighted by molar-refractivity contribution is 7.89. The van der Waals surface area contributed by atoms with Crippen LogP contribution < -0.4 is 10.0 Å². The third kappa shape index (κ3) is 3.80. The SMILES string of the molecule is CCNC(=O)CNS(=O)(=O)c1cc(C(=O)O)oc1C. The van der Waals surface area contributed by atoms with Crippen LogP contribution in [-0.2, 0) is 14.8 Å². The molecule has 1 aromatic rings. The van der Waals surface area contributed by atoms with Gasteiger partial charge in [-0.15, -0.1) is 0 Å². The van der Waals surface area contributed by atoms with E-state index in [-0.39, 0.29) is 10.7 Å². The van der Waals surface area contributed by atoms with Gasteiger partial charge in [0.15, 0.2) is 0 Å². The first kappa shape index (κ1) is 15.2. The summed E-state index contributed by atoms with van der Waals surface area (Å²) in [5.41, 5.74) is 0. The molecule has 3 N–H and O–H groups in total. The summed E-state index contributed by atoms with van der Waals surface area (Å²) in [4.78, 5) is 21.5. The molecule has 8 nitrogen and oxygen atoms in total. The first-order valence-corrected chi connectivity index (χ1v) is 6.86. The molecular formula is C10H14N2O6S. The van der Waals surface area contributed by atoms with Crippen molar-refractivity contribution < 1.29 is 27.5 Å². The van der Waals surface area contributed by atoms with E-state index in [1.165, 1.54) is 6.92 Å². The predicted octanol–water partition coefficient (Wildman–Crippen LogP) is -0.299. The Morgan fingerprint density at radius 2 is 2.05 bits per heavy atom. The van der Waals surface area contributed by atoms with Crippen LogP contribution >= 0.6 is 0 Å². The van der Waals surface area contributed by atoms with Crippen LogP contribution in [0.1, 0.15) is 23.2 Å². The second kappa shape index (κ2) is 5.85. The summed E-state index contributed by atoms with van der Waals surface area (Å²) < 4.78 is 30.6. The minimum absolute atomic E-state index is 0.0548. The van der Waals surface area contributed by atoms with E-state index in [0.717, 1.165) is 6.07 Å². The number of hydrogen-bond donors (Lipinski definition) is 3. The minimum atomic E-state index is -3.98. The van der Waals surface area contributed by atoms with E-state index in [2.05, 4.69) is 10.0 Å². The Hall–Kier alpha value is -1.87. The summed E-state index contributed by atoms with van der Waals surface area (Å²) in [6.45, 7) is 2.98. The average Bonchev–Trinajstić information content (AvgIpc) is 2.70. The average molecular weight is 290 g/mol. The molecule has 0 radical (unpaired) electrons. The summed E-state index contributed by atoms with van der Waals surface area (Å²) >= 11 is 0. The van der Waals surface area contributed by atoms with Crippen LogP contribution in [0, 0.1) is 6.92 Å². The van der Waals surface area contributed by atoms with Crippen LogP contribution in [0.15, 0.2) is 15.4 Å². The monoisotopic (exact) mass is 290 g/mol. The fourth-order valence-electron chi connectivity index (χ4n) is 1.34. The van der Waals surface area contributed by atoms with Crippen molar-refractivity contribution >= 4 is 21.9 Å². The molecule has 0 atom stereocenters. The Kier molecular flexibility index (Phi) is 4.67. The van der Waals surface area contributed by atoms with E-state index < -0.39 is 34.2 Å². The van der Waals surface area contributed by atoms with Crippen LogP contribution in [0.2, 0.25) is 0 Å². The van der Waals surface area contributed by atoms with Gasteiger partial charge >= 0.3 is 5.97 Å². The summed E-state index contributed by atoms with van der Waals surface area (Å²) in [5.74, 6) is -2.38. The first-order chi connectivity index (χ1) is 8.77. The van der Waals surface area contributed by atoms with E-state index in [1.54, 1.807) is 6.92 Å². The van der Waals surface area contributed by atoms with Gasteiger partial charge in [-0.25, -0.2) is 17.9 Å².